The van der Waals surface area contributed by atoms with Crippen LogP contribution in [-0.2, 0) is 27.4 Å². The van der Waals surface area contributed by atoms with E-state index in [1.54, 1.807) is 6.08 Å². The van der Waals surface area contributed by atoms with E-state index in [-0.39, 0.29) is 23.3 Å². The fraction of sp³-hybridized carbons (Fsp3) is 0.206. The number of benzene rings is 4. The van der Waals surface area contributed by atoms with Crippen molar-refractivity contribution in [2.75, 3.05) is 25.2 Å². The molecule has 7 nitrogen and oxygen atoms in total. The first-order valence-electron chi connectivity index (χ1n) is 13.8. The van der Waals surface area contributed by atoms with Gasteiger partial charge in [0.1, 0.15) is 18.8 Å². The van der Waals surface area contributed by atoms with E-state index in [1.165, 1.54) is 16.9 Å². The molecule has 0 radical (unpaired) electrons. The molecule has 1 aliphatic heterocycles. The lowest BCUT2D eigenvalue weighted by atomic mass is 10.1. The van der Waals surface area contributed by atoms with Gasteiger partial charge in [-0.05, 0) is 83.4 Å². The topological polar surface area (TPSA) is 68.3 Å². The molecule has 0 saturated carbocycles. The van der Waals surface area contributed by atoms with Gasteiger partial charge < -0.3 is 19.1 Å². The van der Waals surface area contributed by atoms with Gasteiger partial charge in [-0.15, -0.1) is 0 Å². The van der Waals surface area contributed by atoms with Gasteiger partial charge >= 0.3 is 5.97 Å². The highest BCUT2D eigenvalue weighted by molar-refractivity contribution is 7.80. The number of amides is 1. The van der Waals surface area contributed by atoms with Gasteiger partial charge in [-0.25, -0.2) is 0 Å². The minimum absolute atomic E-state index is 0.193. The van der Waals surface area contributed by atoms with E-state index < -0.39 is 5.97 Å². The molecular formula is C34H32N2O5S. The van der Waals surface area contributed by atoms with Crippen molar-refractivity contribution in [2.45, 2.75) is 26.9 Å². The van der Waals surface area contributed by atoms with Crippen molar-refractivity contribution < 1.29 is 23.8 Å². The van der Waals surface area contributed by atoms with Gasteiger partial charge in [0.05, 0.1) is 19.4 Å². The molecule has 1 aliphatic rings. The number of anilines is 1. The van der Waals surface area contributed by atoms with Crippen molar-refractivity contribution in [3.05, 3.63) is 107 Å². The molecule has 0 aromatic heterocycles. The summed E-state index contributed by atoms with van der Waals surface area (Å²) in [5.41, 5.74) is 3.80. The van der Waals surface area contributed by atoms with Gasteiger partial charge in [-0.3, -0.25) is 14.5 Å². The van der Waals surface area contributed by atoms with Crippen LogP contribution in [0, 0.1) is 0 Å². The van der Waals surface area contributed by atoms with Gasteiger partial charge in [0, 0.05) is 0 Å². The first kappa shape index (κ1) is 28.8. The summed E-state index contributed by atoms with van der Waals surface area (Å²) in [6.07, 6.45) is 2.58. The molecule has 1 amide bonds. The minimum Gasteiger partial charge on any atom is -0.490 e. The molecule has 0 bridgehead atoms. The van der Waals surface area contributed by atoms with E-state index in [0.717, 1.165) is 28.3 Å². The van der Waals surface area contributed by atoms with E-state index in [4.69, 9.17) is 26.4 Å². The molecule has 214 valence electrons. The number of esters is 1. The molecule has 5 rings (SSSR count). The van der Waals surface area contributed by atoms with Crippen LogP contribution in [0.1, 0.15) is 30.5 Å². The van der Waals surface area contributed by atoms with Crippen molar-refractivity contribution in [3.8, 4) is 11.5 Å². The Morgan fingerprint density at radius 2 is 1.67 bits per heavy atom. The molecule has 0 atom stereocenters. The van der Waals surface area contributed by atoms with Crippen LogP contribution >= 0.6 is 12.2 Å². The SMILES string of the molecule is CCOc1cc(/C=C2/C(=O)N(c3ccc(CC)cc3)C(=S)N2CC(=O)OC)ccc1OCc1cccc2ccccc12. The Morgan fingerprint density at radius 1 is 0.905 bits per heavy atom. The highest BCUT2D eigenvalue weighted by Gasteiger charge is 2.40. The molecule has 1 fully saturated rings. The number of thiocarbonyl (C=S) groups is 1. The van der Waals surface area contributed by atoms with Crippen LogP contribution in [0.2, 0.25) is 0 Å². The second kappa shape index (κ2) is 12.9. The van der Waals surface area contributed by atoms with Crippen LogP contribution < -0.4 is 14.4 Å². The maximum absolute atomic E-state index is 13.7. The second-order valence-electron chi connectivity index (χ2n) is 9.70. The summed E-state index contributed by atoms with van der Waals surface area (Å²) in [6, 6.07) is 27.5. The largest absolute Gasteiger partial charge is 0.490 e. The third-order valence-corrected chi connectivity index (χ3v) is 7.49. The van der Waals surface area contributed by atoms with Crippen LogP contribution in [-0.4, -0.2) is 42.2 Å². The number of carbonyl (C=O) groups excluding carboxylic acids is 2. The van der Waals surface area contributed by atoms with Gasteiger partial charge in [-0.2, -0.15) is 0 Å². The maximum atomic E-state index is 13.7. The molecule has 0 aliphatic carbocycles. The number of methoxy groups -OCH3 is 1. The Labute approximate surface area is 250 Å². The van der Waals surface area contributed by atoms with Gasteiger partial charge in [-0.1, -0.05) is 67.6 Å². The van der Waals surface area contributed by atoms with Crippen LogP contribution in [0.3, 0.4) is 0 Å². The van der Waals surface area contributed by atoms with Crippen LogP contribution in [0.4, 0.5) is 5.69 Å². The fourth-order valence-corrected chi connectivity index (χ4v) is 5.22. The lowest BCUT2D eigenvalue weighted by Gasteiger charge is -2.19. The van der Waals surface area contributed by atoms with E-state index in [9.17, 15) is 9.59 Å². The zero-order valence-electron chi connectivity index (χ0n) is 23.8. The summed E-state index contributed by atoms with van der Waals surface area (Å²) in [6.45, 7) is 4.58. The lowest BCUT2D eigenvalue weighted by Crippen LogP contribution is -2.35. The van der Waals surface area contributed by atoms with E-state index in [2.05, 4.69) is 25.1 Å². The van der Waals surface area contributed by atoms with Crippen LogP contribution in [0.5, 0.6) is 11.5 Å². The Balaban J connectivity index is 1.45. The van der Waals surface area contributed by atoms with Crippen LogP contribution in [0.15, 0.2) is 90.6 Å². The Kier molecular flexibility index (Phi) is 8.83. The standard InChI is InChI=1S/C34H32N2O5S/c1-4-23-13-16-27(17-14-23)36-33(38)29(35(34(36)42)21-32(37)39-3)19-24-15-18-30(31(20-24)40-5-2)41-22-26-11-8-10-25-9-6-7-12-28(25)26/h6-20H,4-5,21-22H2,1-3H3/b29-19-. The smallest absolute Gasteiger partial charge is 0.325 e. The highest BCUT2D eigenvalue weighted by Crippen LogP contribution is 2.33. The summed E-state index contributed by atoms with van der Waals surface area (Å²) in [5, 5.41) is 2.49. The first-order chi connectivity index (χ1) is 20.4. The van der Waals surface area contributed by atoms with Gasteiger partial charge in [0.25, 0.3) is 5.91 Å². The lowest BCUT2D eigenvalue weighted by molar-refractivity contribution is -0.140. The van der Waals surface area contributed by atoms with E-state index in [1.807, 2.05) is 73.7 Å². The van der Waals surface area contributed by atoms with Crippen molar-refractivity contribution in [1.82, 2.24) is 4.90 Å². The normalized spacial score (nSPS) is 14.1. The van der Waals surface area contributed by atoms with Crippen molar-refractivity contribution in [2.24, 2.45) is 0 Å². The van der Waals surface area contributed by atoms with E-state index >= 15 is 0 Å². The van der Waals surface area contributed by atoms with E-state index in [0.29, 0.717) is 36.0 Å². The molecule has 1 heterocycles. The Bertz CT molecular complexity index is 1660. The molecule has 1 saturated heterocycles. The van der Waals surface area contributed by atoms with Crippen molar-refractivity contribution >= 4 is 51.7 Å². The molecule has 0 spiro atoms. The number of hydrogen-bond acceptors (Lipinski definition) is 6. The molecule has 4 aromatic rings. The first-order valence-corrected chi connectivity index (χ1v) is 14.2. The summed E-state index contributed by atoms with van der Waals surface area (Å²) in [4.78, 5) is 28.9. The molecule has 0 unspecified atom stereocenters. The predicted molar refractivity (Wildman–Crippen MR) is 168 cm³/mol. The zero-order chi connectivity index (χ0) is 29.6. The van der Waals surface area contributed by atoms with Gasteiger partial charge in [0.2, 0.25) is 0 Å². The Morgan fingerprint density at radius 3 is 2.40 bits per heavy atom. The third-order valence-electron chi connectivity index (χ3n) is 7.09. The van der Waals surface area contributed by atoms with Crippen molar-refractivity contribution in [3.63, 3.8) is 0 Å². The summed E-state index contributed by atoms with van der Waals surface area (Å²) in [5.74, 6) is 0.296. The third kappa shape index (κ3) is 5.99. The quantitative estimate of drug-likeness (QED) is 0.120. The highest BCUT2D eigenvalue weighted by atomic mass is 32.1. The number of carbonyl (C=O) groups is 2. The summed E-state index contributed by atoms with van der Waals surface area (Å²) in [7, 11) is 1.30. The molecule has 4 aromatic carbocycles. The minimum atomic E-state index is -0.508. The number of nitrogens with zero attached hydrogens (tertiary/aromatic N) is 2. The number of hydrogen-bond donors (Lipinski definition) is 0. The number of ether oxygens (including phenoxy) is 3. The van der Waals surface area contributed by atoms with Gasteiger partial charge in [0.15, 0.2) is 16.6 Å². The van der Waals surface area contributed by atoms with Crippen molar-refractivity contribution in [1.29, 1.82) is 0 Å². The molecule has 42 heavy (non-hydrogen) atoms. The number of aryl methyl sites for hydroxylation is 1. The summed E-state index contributed by atoms with van der Waals surface area (Å²) >= 11 is 5.68. The fourth-order valence-electron chi connectivity index (χ4n) is 4.87. The predicted octanol–water partition coefficient (Wildman–Crippen LogP) is 6.53. The molecule has 8 heteroatoms. The average Bonchev–Trinajstić information content (AvgIpc) is 3.24. The molecular weight excluding hydrogens is 548 g/mol. The monoisotopic (exact) mass is 580 g/mol. The number of fused-ring (bicyclic) bond motifs is 1. The maximum Gasteiger partial charge on any atom is 0.325 e. The molecule has 0 N–H and O–H groups in total. The second-order valence-corrected chi connectivity index (χ2v) is 10.1. The number of rotatable bonds is 10. The summed E-state index contributed by atoms with van der Waals surface area (Å²) < 4.78 is 17.0. The average molecular weight is 581 g/mol. The zero-order valence-corrected chi connectivity index (χ0v) is 24.6. The van der Waals surface area contributed by atoms with Crippen LogP contribution in [0.25, 0.3) is 16.8 Å². The Hall–Kier alpha value is -4.69.